The molecule has 1 saturated carbocycles. The molecular formula is C13H24N2OS. The first-order chi connectivity index (χ1) is 8.29. The van der Waals surface area contributed by atoms with Gasteiger partial charge in [0.1, 0.15) is 0 Å². The molecule has 3 nitrogen and oxygen atoms in total. The molecule has 0 aromatic carbocycles. The van der Waals surface area contributed by atoms with E-state index in [1.807, 2.05) is 6.92 Å². The van der Waals surface area contributed by atoms with E-state index in [0.29, 0.717) is 17.7 Å². The molecule has 4 heteroatoms. The van der Waals surface area contributed by atoms with Crippen molar-refractivity contribution in [2.24, 2.45) is 0 Å². The maximum Gasteiger partial charge on any atom is 0.0621 e. The van der Waals surface area contributed by atoms with Crippen LogP contribution in [0, 0.1) is 11.3 Å². The number of hydrogen-bond acceptors (Lipinski definition) is 3. The van der Waals surface area contributed by atoms with Crippen LogP contribution in [0.5, 0.6) is 0 Å². The molecule has 0 aromatic heterocycles. The van der Waals surface area contributed by atoms with Crippen LogP contribution in [0.4, 0.5) is 0 Å². The Bertz CT molecular complexity index is 275. The molecule has 0 spiro atoms. The molecule has 0 heterocycles. The molecule has 1 rings (SSSR count). The van der Waals surface area contributed by atoms with E-state index in [0.717, 1.165) is 38.0 Å². The second-order valence-corrected chi connectivity index (χ2v) is 6.61. The molecule has 98 valence electrons. The van der Waals surface area contributed by atoms with Gasteiger partial charge in [-0.2, -0.15) is 5.26 Å². The minimum atomic E-state index is -0.667. The molecule has 0 aliphatic heterocycles. The highest BCUT2D eigenvalue weighted by molar-refractivity contribution is 7.85. The first-order valence-electron chi connectivity index (χ1n) is 6.77. The monoisotopic (exact) mass is 256 g/mol. The van der Waals surface area contributed by atoms with Crippen LogP contribution >= 0.6 is 0 Å². The summed E-state index contributed by atoms with van der Waals surface area (Å²) in [4.78, 5) is 0. The molecule has 0 unspecified atom stereocenters. The Morgan fingerprint density at radius 1 is 1.35 bits per heavy atom. The van der Waals surface area contributed by atoms with E-state index in [2.05, 4.69) is 11.4 Å². The lowest BCUT2D eigenvalue weighted by Crippen LogP contribution is -2.45. The van der Waals surface area contributed by atoms with Crippen LogP contribution in [0.1, 0.15) is 51.9 Å². The number of nitrogens with one attached hydrogen (secondary N) is 1. The lowest BCUT2D eigenvalue weighted by Gasteiger charge is -2.31. The average Bonchev–Trinajstić information content (AvgIpc) is 2.38. The predicted octanol–water partition coefficient (Wildman–Crippen LogP) is 2.35. The van der Waals surface area contributed by atoms with E-state index in [1.54, 1.807) is 0 Å². The summed E-state index contributed by atoms with van der Waals surface area (Å²) >= 11 is 0. The Morgan fingerprint density at radius 3 is 2.82 bits per heavy atom. The van der Waals surface area contributed by atoms with Gasteiger partial charge in [-0.25, -0.2) is 0 Å². The van der Waals surface area contributed by atoms with Gasteiger partial charge in [0.05, 0.1) is 11.3 Å². The third-order valence-corrected chi connectivity index (χ3v) is 5.26. The highest BCUT2D eigenvalue weighted by Gasteiger charge is 2.28. The summed E-state index contributed by atoms with van der Waals surface area (Å²) in [7, 11) is -0.667. The Morgan fingerprint density at radius 2 is 2.12 bits per heavy atom. The highest BCUT2D eigenvalue weighted by Crippen LogP contribution is 2.23. The van der Waals surface area contributed by atoms with Crippen molar-refractivity contribution in [3.05, 3.63) is 0 Å². The SMILES string of the molecule is CC[S@](=O)[C@@H]1CCCC[C@H]1NCCCCC#N. The molecule has 0 radical (unpaired) electrons. The second kappa shape index (κ2) is 8.66. The highest BCUT2D eigenvalue weighted by atomic mass is 32.2. The minimum absolute atomic E-state index is 0.352. The van der Waals surface area contributed by atoms with Gasteiger partial charge in [-0.1, -0.05) is 19.8 Å². The van der Waals surface area contributed by atoms with Crippen molar-refractivity contribution in [1.82, 2.24) is 5.32 Å². The zero-order chi connectivity index (χ0) is 12.5. The van der Waals surface area contributed by atoms with Crippen LogP contribution in [0.25, 0.3) is 0 Å². The Kier molecular flexibility index (Phi) is 7.46. The Balaban J connectivity index is 2.28. The van der Waals surface area contributed by atoms with Crippen molar-refractivity contribution in [2.45, 2.75) is 63.2 Å². The minimum Gasteiger partial charge on any atom is -0.313 e. The number of hydrogen-bond donors (Lipinski definition) is 1. The summed E-state index contributed by atoms with van der Waals surface area (Å²) in [6, 6.07) is 2.60. The number of nitriles is 1. The quantitative estimate of drug-likeness (QED) is 0.711. The molecule has 1 aliphatic carbocycles. The number of nitrogens with zero attached hydrogens (tertiary/aromatic N) is 1. The lowest BCUT2D eigenvalue weighted by molar-refractivity contribution is 0.376. The van der Waals surface area contributed by atoms with Crippen molar-refractivity contribution < 1.29 is 4.21 Å². The molecule has 1 fully saturated rings. The van der Waals surface area contributed by atoms with Crippen LogP contribution in [0.2, 0.25) is 0 Å². The van der Waals surface area contributed by atoms with Crippen molar-refractivity contribution >= 4 is 10.8 Å². The molecular weight excluding hydrogens is 232 g/mol. The van der Waals surface area contributed by atoms with E-state index in [-0.39, 0.29) is 0 Å². The smallest absolute Gasteiger partial charge is 0.0621 e. The van der Waals surface area contributed by atoms with Gasteiger partial charge < -0.3 is 5.32 Å². The molecule has 1 aliphatic rings. The molecule has 0 amide bonds. The molecule has 0 aromatic rings. The van der Waals surface area contributed by atoms with E-state index < -0.39 is 10.8 Å². The molecule has 0 bridgehead atoms. The van der Waals surface area contributed by atoms with Crippen LogP contribution in [-0.2, 0) is 10.8 Å². The van der Waals surface area contributed by atoms with Crippen molar-refractivity contribution in [3.63, 3.8) is 0 Å². The first-order valence-corrected chi connectivity index (χ1v) is 8.15. The van der Waals surface area contributed by atoms with Gasteiger partial charge in [-0.15, -0.1) is 0 Å². The average molecular weight is 256 g/mol. The second-order valence-electron chi connectivity index (χ2n) is 4.67. The summed E-state index contributed by atoms with van der Waals surface area (Å²) in [6.45, 7) is 2.97. The molecule has 17 heavy (non-hydrogen) atoms. The summed E-state index contributed by atoms with van der Waals surface area (Å²) in [5, 5.41) is 12.3. The fourth-order valence-corrected chi connectivity index (χ4v) is 3.93. The van der Waals surface area contributed by atoms with E-state index in [1.165, 1.54) is 12.8 Å². The van der Waals surface area contributed by atoms with Crippen molar-refractivity contribution in [2.75, 3.05) is 12.3 Å². The molecule has 3 atom stereocenters. The van der Waals surface area contributed by atoms with Gasteiger partial charge in [0.2, 0.25) is 0 Å². The van der Waals surface area contributed by atoms with Crippen LogP contribution in [-0.4, -0.2) is 27.8 Å². The summed E-state index contributed by atoms with van der Waals surface area (Å²) in [5.41, 5.74) is 0. The van der Waals surface area contributed by atoms with Gasteiger partial charge in [-0.3, -0.25) is 4.21 Å². The van der Waals surface area contributed by atoms with Crippen LogP contribution < -0.4 is 5.32 Å². The van der Waals surface area contributed by atoms with E-state index in [4.69, 9.17) is 5.26 Å². The van der Waals surface area contributed by atoms with Gasteiger partial charge in [0, 0.05) is 29.0 Å². The normalized spacial score (nSPS) is 26.4. The fraction of sp³-hybridized carbons (Fsp3) is 0.923. The van der Waals surface area contributed by atoms with Gasteiger partial charge in [0.25, 0.3) is 0 Å². The van der Waals surface area contributed by atoms with E-state index >= 15 is 0 Å². The largest absolute Gasteiger partial charge is 0.313 e. The Labute approximate surface area is 107 Å². The summed E-state index contributed by atoms with van der Waals surface area (Å²) in [6.07, 6.45) is 7.42. The van der Waals surface area contributed by atoms with Crippen LogP contribution in [0.3, 0.4) is 0 Å². The summed E-state index contributed by atoms with van der Waals surface area (Å²) in [5.74, 6) is 0.775. The first kappa shape index (κ1) is 14.7. The maximum absolute atomic E-state index is 11.9. The van der Waals surface area contributed by atoms with Crippen molar-refractivity contribution in [1.29, 1.82) is 5.26 Å². The third-order valence-electron chi connectivity index (χ3n) is 3.45. The summed E-state index contributed by atoms with van der Waals surface area (Å²) < 4.78 is 11.9. The predicted molar refractivity (Wildman–Crippen MR) is 72.2 cm³/mol. The Hall–Kier alpha value is -0.400. The third kappa shape index (κ3) is 5.18. The van der Waals surface area contributed by atoms with Crippen LogP contribution in [0.15, 0.2) is 0 Å². The van der Waals surface area contributed by atoms with Gasteiger partial charge in [0.15, 0.2) is 0 Å². The number of unbranched alkanes of at least 4 members (excludes halogenated alkanes) is 2. The van der Waals surface area contributed by atoms with Gasteiger partial charge >= 0.3 is 0 Å². The maximum atomic E-state index is 11.9. The standard InChI is InChI=1S/C13H24N2OS/c1-2-17(16)13-9-5-4-8-12(13)15-11-7-3-6-10-14/h12-13,15H,2-9,11H2,1H3/t12-,13-,17+/m1/s1. The molecule has 1 N–H and O–H groups in total. The number of rotatable bonds is 7. The topological polar surface area (TPSA) is 52.9 Å². The fourth-order valence-electron chi connectivity index (χ4n) is 2.48. The zero-order valence-corrected chi connectivity index (χ0v) is 11.6. The zero-order valence-electron chi connectivity index (χ0n) is 10.8. The van der Waals surface area contributed by atoms with E-state index in [9.17, 15) is 4.21 Å². The van der Waals surface area contributed by atoms with Crippen molar-refractivity contribution in [3.8, 4) is 6.07 Å². The van der Waals surface area contributed by atoms with Gasteiger partial charge in [-0.05, 0) is 32.2 Å². The lowest BCUT2D eigenvalue weighted by atomic mass is 9.95. The molecule has 0 saturated heterocycles.